The predicted molar refractivity (Wildman–Crippen MR) is 110 cm³/mol. The number of hydrogen-bond acceptors (Lipinski definition) is 5. The molecule has 33 heavy (non-hydrogen) atoms. The van der Waals surface area contributed by atoms with Gasteiger partial charge in [-0.25, -0.2) is 0 Å². The lowest BCUT2D eigenvalue weighted by atomic mass is 9.76. The van der Waals surface area contributed by atoms with Gasteiger partial charge in [0.25, 0.3) is 20.2 Å². The van der Waals surface area contributed by atoms with Crippen molar-refractivity contribution in [3.8, 4) is 0 Å². The zero-order valence-corrected chi connectivity index (χ0v) is 20.6. The van der Waals surface area contributed by atoms with Crippen LogP contribution in [-0.4, -0.2) is 39.7 Å². The van der Waals surface area contributed by atoms with E-state index in [2.05, 4.69) is 3.63 Å². The minimum absolute atomic E-state index is 0.0800. The van der Waals surface area contributed by atoms with Gasteiger partial charge in [-0.3, -0.25) is 0 Å². The fourth-order valence-corrected chi connectivity index (χ4v) is 9.88. The van der Waals surface area contributed by atoms with Crippen LogP contribution in [0.25, 0.3) is 0 Å². The molecule has 0 aromatic carbocycles. The van der Waals surface area contributed by atoms with Gasteiger partial charge in [-0.05, 0) is 62.2 Å². The van der Waals surface area contributed by atoms with Crippen LogP contribution in [0.15, 0.2) is 0 Å². The van der Waals surface area contributed by atoms with E-state index in [1.54, 1.807) is 27.7 Å². The highest BCUT2D eigenvalue weighted by atomic mass is 32.3. The van der Waals surface area contributed by atoms with E-state index in [-0.39, 0.29) is 37.5 Å². The predicted octanol–water partition coefficient (Wildman–Crippen LogP) is 5.67. The highest BCUT2D eigenvalue weighted by Crippen LogP contribution is 2.47. The summed E-state index contributed by atoms with van der Waals surface area (Å²) in [6.07, 6.45) is -11.7. The normalized spacial score (nSPS) is 33.0. The summed E-state index contributed by atoms with van der Waals surface area (Å²) in [5, 5.41) is -3.43. The van der Waals surface area contributed by atoms with E-state index in [4.69, 9.17) is 0 Å². The van der Waals surface area contributed by atoms with Gasteiger partial charge in [-0.2, -0.15) is 43.2 Å². The van der Waals surface area contributed by atoms with Crippen LogP contribution < -0.4 is 0 Å². The van der Waals surface area contributed by atoms with Crippen LogP contribution in [0.1, 0.15) is 66.2 Å². The van der Waals surface area contributed by atoms with Gasteiger partial charge in [-0.1, -0.05) is 27.7 Å². The minimum Gasteiger partial charge on any atom is -0.198 e. The molecule has 13 heteroatoms. The van der Waals surface area contributed by atoms with Crippen molar-refractivity contribution < 1.29 is 46.8 Å². The van der Waals surface area contributed by atoms with Crippen LogP contribution in [0.3, 0.4) is 0 Å². The summed E-state index contributed by atoms with van der Waals surface area (Å²) in [6.45, 7) is 6.50. The molecule has 0 bridgehead atoms. The molecule has 0 saturated heterocycles. The van der Waals surface area contributed by atoms with Gasteiger partial charge in [-0.15, -0.1) is 3.63 Å². The molecule has 2 rings (SSSR count). The minimum atomic E-state index is -5.05. The van der Waals surface area contributed by atoms with Crippen LogP contribution >= 0.6 is 0 Å². The maximum atomic E-state index is 13.3. The molecular weight excluding hydrogens is 498 g/mol. The van der Waals surface area contributed by atoms with Gasteiger partial charge in [0.15, 0.2) is 0 Å². The lowest BCUT2D eigenvalue weighted by molar-refractivity contribution is -0.184. The van der Waals surface area contributed by atoms with Crippen molar-refractivity contribution in [2.75, 3.05) is 0 Å². The largest absolute Gasteiger partial charge is 0.391 e. The van der Waals surface area contributed by atoms with Gasteiger partial charge in [0.05, 0.1) is 22.3 Å². The maximum absolute atomic E-state index is 13.3. The Morgan fingerprint density at radius 1 is 0.636 bits per heavy atom. The molecule has 2 saturated carbocycles. The van der Waals surface area contributed by atoms with E-state index in [9.17, 15) is 43.2 Å². The van der Waals surface area contributed by atoms with Crippen molar-refractivity contribution in [2.45, 2.75) is 89.1 Å². The van der Waals surface area contributed by atoms with Crippen molar-refractivity contribution in [1.82, 2.24) is 0 Å². The van der Waals surface area contributed by atoms with Crippen molar-refractivity contribution in [2.24, 2.45) is 35.5 Å². The highest BCUT2D eigenvalue weighted by Gasteiger charge is 2.53. The fourth-order valence-electron chi connectivity index (χ4n) is 5.32. The van der Waals surface area contributed by atoms with Crippen LogP contribution in [0.2, 0.25) is 0 Å². The van der Waals surface area contributed by atoms with Crippen molar-refractivity contribution in [1.29, 1.82) is 0 Å². The van der Waals surface area contributed by atoms with E-state index < -0.39 is 79.6 Å². The summed E-state index contributed by atoms with van der Waals surface area (Å²) in [4.78, 5) is 0. The van der Waals surface area contributed by atoms with Crippen LogP contribution in [0, 0.1) is 35.5 Å². The Kier molecular flexibility index (Phi) is 8.54. The molecule has 0 heterocycles. The maximum Gasteiger partial charge on any atom is 0.391 e. The summed E-state index contributed by atoms with van der Waals surface area (Å²) in [5.41, 5.74) is 0. The van der Waals surface area contributed by atoms with Gasteiger partial charge < -0.3 is 0 Å². The van der Waals surface area contributed by atoms with Gasteiger partial charge in [0.1, 0.15) is 0 Å². The summed E-state index contributed by atoms with van der Waals surface area (Å²) >= 11 is 0. The van der Waals surface area contributed by atoms with Crippen molar-refractivity contribution in [3.05, 3.63) is 0 Å². The first-order valence-corrected chi connectivity index (χ1v) is 14.0. The standard InChI is InChI=1S/C20H32F6O5S2/c1-11(2)15-7-5-13(19(21,22)23)9-17(15)32(27,28)31-33(29,30)18-10-14(20(24,25)26)6-8-16(18)12(3)4/h11-18H,5-10H2,1-4H3. The SMILES string of the molecule is CC(C)C1CCC(C(F)(F)F)CC1S(=O)(=O)OS(=O)(=O)C1CC(C(F)(F)F)CCC1C(C)C. The quantitative estimate of drug-likeness (QED) is 0.414. The highest BCUT2D eigenvalue weighted by molar-refractivity contribution is 8.00. The third-order valence-electron chi connectivity index (χ3n) is 7.26. The third-order valence-corrected chi connectivity index (χ3v) is 11.3. The number of rotatable bonds is 6. The van der Waals surface area contributed by atoms with Gasteiger partial charge in [0.2, 0.25) is 0 Å². The molecule has 2 aliphatic rings. The molecule has 0 aliphatic heterocycles. The molecule has 6 unspecified atom stereocenters. The first kappa shape index (κ1) is 28.7. The number of halogens is 6. The summed E-state index contributed by atoms with van der Waals surface area (Å²) in [7, 11) is -10.1. The average molecular weight is 531 g/mol. The number of alkyl halides is 6. The Morgan fingerprint density at radius 3 is 1.18 bits per heavy atom. The van der Waals surface area contributed by atoms with Gasteiger partial charge in [0, 0.05) is 0 Å². The Hall–Kier alpha value is -0.560. The second-order valence-corrected chi connectivity index (χ2v) is 13.8. The average Bonchev–Trinajstić information content (AvgIpc) is 2.64. The molecule has 0 N–H and O–H groups in total. The summed E-state index contributed by atoms with van der Waals surface area (Å²) in [6, 6.07) is 0. The monoisotopic (exact) mass is 530 g/mol. The van der Waals surface area contributed by atoms with Gasteiger partial charge >= 0.3 is 12.4 Å². The van der Waals surface area contributed by atoms with E-state index in [1.165, 1.54) is 0 Å². The Labute approximate surface area is 191 Å². The fraction of sp³-hybridized carbons (Fsp3) is 1.00. The summed E-state index contributed by atoms with van der Waals surface area (Å²) < 4.78 is 136. The van der Waals surface area contributed by atoms with E-state index in [0.29, 0.717) is 0 Å². The lowest BCUT2D eigenvalue weighted by Crippen LogP contribution is -2.47. The molecule has 0 spiro atoms. The molecule has 2 fully saturated rings. The molecule has 0 aromatic heterocycles. The van der Waals surface area contributed by atoms with Crippen LogP contribution in [0.5, 0.6) is 0 Å². The molecule has 2 aliphatic carbocycles. The second kappa shape index (κ2) is 9.83. The molecular formula is C20H32F6O5S2. The first-order valence-electron chi connectivity index (χ1n) is 11.1. The van der Waals surface area contributed by atoms with E-state index >= 15 is 0 Å². The van der Waals surface area contributed by atoms with Crippen LogP contribution in [0.4, 0.5) is 26.3 Å². The zero-order valence-electron chi connectivity index (χ0n) is 19.0. The first-order chi connectivity index (χ1) is 14.8. The smallest absolute Gasteiger partial charge is 0.198 e. The molecule has 6 atom stereocenters. The Morgan fingerprint density at radius 2 is 0.939 bits per heavy atom. The van der Waals surface area contributed by atoms with E-state index in [0.717, 1.165) is 0 Å². The Balaban J connectivity index is 2.37. The van der Waals surface area contributed by atoms with Crippen molar-refractivity contribution >= 4 is 20.2 Å². The van der Waals surface area contributed by atoms with Crippen molar-refractivity contribution in [3.63, 3.8) is 0 Å². The van der Waals surface area contributed by atoms with Crippen LogP contribution in [-0.2, 0) is 23.9 Å². The third kappa shape index (κ3) is 6.77. The molecule has 196 valence electrons. The molecule has 0 radical (unpaired) electrons. The lowest BCUT2D eigenvalue weighted by Gasteiger charge is -2.39. The van der Waals surface area contributed by atoms with E-state index in [1.807, 2.05) is 0 Å². The summed E-state index contributed by atoms with van der Waals surface area (Å²) in [5.74, 6) is -6.11. The topological polar surface area (TPSA) is 77.5 Å². The Bertz CT molecular complexity index is 808. The second-order valence-electron chi connectivity index (χ2n) is 10.0. The molecule has 0 amide bonds. The molecule has 0 aromatic rings. The molecule has 5 nitrogen and oxygen atoms in total. The number of hydrogen-bond donors (Lipinski definition) is 0. The zero-order chi connectivity index (χ0) is 25.6.